The average molecular weight is 184 g/mol. The number of rotatable bonds is 2. The Labute approximate surface area is 75.3 Å². The van der Waals surface area contributed by atoms with Crippen molar-refractivity contribution in [1.29, 1.82) is 0 Å². The van der Waals surface area contributed by atoms with Crippen LogP contribution >= 0.6 is 11.3 Å². The number of thiophene rings is 1. The Balaban J connectivity index is 2.66. The predicted octanol–water partition coefficient (Wildman–Crippen LogP) is 0.587. The van der Waals surface area contributed by atoms with Crippen LogP contribution in [0.15, 0.2) is 21.8 Å². The Kier molecular flexibility index (Phi) is 3.07. The van der Waals surface area contributed by atoms with E-state index in [2.05, 4.69) is 10.4 Å². The Morgan fingerprint density at radius 1 is 1.75 bits per heavy atom. The number of nitrogens with zero attached hydrogens (tertiary/aromatic N) is 1. The molecule has 0 amide bonds. The first kappa shape index (κ1) is 9.02. The molecule has 12 heavy (non-hydrogen) atoms. The lowest BCUT2D eigenvalue weighted by atomic mass is 10.2. The van der Waals surface area contributed by atoms with E-state index in [4.69, 9.17) is 11.6 Å². The molecule has 0 saturated carbocycles. The van der Waals surface area contributed by atoms with Crippen LogP contribution in [0.3, 0.4) is 0 Å². The molecule has 5 heteroatoms. The van der Waals surface area contributed by atoms with Crippen LogP contribution in [0.2, 0.25) is 0 Å². The Morgan fingerprint density at radius 3 is 3.00 bits per heavy atom. The molecule has 66 valence electrons. The standard InChI is InChI=1S/C7H12N4S/c1-5(10-7(8)11-9)6-2-3-12-4-6/h2-5H,9H2,1H3,(H3,8,10,11). The molecule has 0 fully saturated rings. The summed E-state index contributed by atoms with van der Waals surface area (Å²) in [4.78, 5) is 4.10. The number of hydrogen-bond donors (Lipinski definition) is 3. The molecule has 0 aromatic carbocycles. The highest BCUT2D eigenvalue weighted by Gasteiger charge is 2.03. The van der Waals surface area contributed by atoms with Gasteiger partial charge in [0.25, 0.3) is 0 Å². The summed E-state index contributed by atoms with van der Waals surface area (Å²) < 4.78 is 0. The van der Waals surface area contributed by atoms with E-state index < -0.39 is 0 Å². The highest BCUT2D eigenvalue weighted by molar-refractivity contribution is 7.07. The Bertz CT molecular complexity index is 254. The first-order valence-corrected chi connectivity index (χ1v) is 4.50. The molecule has 1 atom stereocenters. The fourth-order valence-electron chi connectivity index (χ4n) is 0.833. The van der Waals surface area contributed by atoms with Crippen molar-refractivity contribution < 1.29 is 0 Å². The maximum atomic E-state index is 5.40. The summed E-state index contributed by atoms with van der Waals surface area (Å²) in [7, 11) is 0. The van der Waals surface area contributed by atoms with Gasteiger partial charge in [0.15, 0.2) is 0 Å². The molecule has 1 rings (SSSR count). The van der Waals surface area contributed by atoms with Gasteiger partial charge >= 0.3 is 0 Å². The molecule has 1 aromatic rings. The van der Waals surface area contributed by atoms with Crippen molar-refractivity contribution in [3.05, 3.63) is 22.4 Å². The van der Waals surface area contributed by atoms with E-state index in [1.807, 2.05) is 23.8 Å². The van der Waals surface area contributed by atoms with Crippen LogP contribution in [-0.4, -0.2) is 5.96 Å². The smallest absolute Gasteiger partial charge is 0.203 e. The summed E-state index contributed by atoms with van der Waals surface area (Å²) in [6, 6.07) is 2.08. The lowest BCUT2D eigenvalue weighted by Gasteiger charge is -2.04. The van der Waals surface area contributed by atoms with Crippen molar-refractivity contribution in [1.82, 2.24) is 5.43 Å². The van der Waals surface area contributed by atoms with E-state index in [1.54, 1.807) is 11.3 Å². The first-order chi connectivity index (χ1) is 5.74. The molecule has 1 unspecified atom stereocenters. The summed E-state index contributed by atoms with van der Waals surface area (Å²) in [5, 5.41) is 4.05. The number of hydrogen-bond acceptors (Lipinski definition) is 3. The van der Waals surface area contributed by atoms with Gasteiger partial charge in [-0.25, -0.2) is 10.8 Å². The van der Waals surface area contributed by atoms with Gasteiger partial charge < -0.3 is 5.73 Å². The van der Waals surface area contributed by atoms with Gasteiger partial charge in [-0.3, -0.25) is 5.43 Å². The van der Waals surface area contributed by atoms with Gasteiger partial charge in [0.2, 0.25) is 5.96 Å². The molecule has 0 aliphatic rings. The second-order valence-corrected chi connectivity index (χ2v) is 3.17. The van der Waals surface area contributed by atoms with E-state index in [9.17, 15) is 0 Å². The number of nitrogens with two attached hydrogens (primary N) is 2. The zero-order valence-corrected chi connectivity index (χ0v) is 7.64. The van der Waals surface area contributed by atoms with Gasteiger partial charge in [-0.2, -0.15) is 11.3 Å². The molecule has 5 N–H and O–H groups in total. The van der Waals surface area contributed by atoms with Crippen molar-refractivity contribution in [3.8, 4) is 0 Å². The molecule has 0 aliphatic carbocycles. The fourth-order valence-corrected chi connectivity index (χ4v) is 1.58. The van der Waals surface area contributed by atoms with E-state index in [0.29, 0.717) is 0 Å². The summed E-state index contributed by atoms with van der Waals surface area (Å²) in [5.41, 5.74) is 8.84. The summed E-state index contributed by atoms with van der Waals surface area (Å²) in [6.07, 6.45) is 0. The lowest BCUT2D eigenvalue weighted by molar-refractivity contribution is 0.805. The van der Waals surface area contributed by atoms with Crippen LogP contribution in [0.1, 0.15) is 18.5 Å². The van der Waals surface area contributed by atoms with Crippen molar-refractivity contribution in [2.75, 3.05) is 0 Å². The Morgan fingerprint density at radius 2 is 2.50 bits per heavy atom. The van der Waals surface area contributed by atoms with E-state index >= 15 is 0 Å². The largest absolute Gasteiger partial charge is 0.369 e. The van der Waals surface area contributed by atoms with Crippen LogP contribution in [0.4, 0.5) is 0 Å². The van der Waals surface area contributed by atoms with E-state index in [0.717, 1.165) is 5.56 Å². The second-order valence-electron chi connectivity index (χ2n) is 2.39. The quantitative estimate of drug-likeness (QED) is 0.272. The molecule has 1 heterocycles. The number of nitrogens with one attached hydrogen (secondary N) is 1. The van der Waals surface area contributed by atoms with Gasteiger partial charge in [0.1, 0.15) is 0 Å². The highest BCUT2D eigenvalue weighted by atomic mass is 32.1. The molecule has 0 bridgehead atoms. The van der Waals surface area contributed by atoms with Crippen LogP contribution in [0.25, 0.3) is 0 Å². The minimum atomic E-state index is 0.0623. The Hall–Kier alpha value is -1.07. The van der Waals surface area contributed by atoms with Crippen molar-refractivity contribution in [2.24, 2.45) is 16.6 Å². The maximum absolute atomic E-state index is 5.40. The zero-order chi connectivity index (χ0) is 8.97. The van der Waals surface area contributed by atoms with Crippen molar-refractivity contribution in [3.63, 3.8) is 0 Å². The van der Waals surface area contributed by atoms with Crippen LogP contribution in [0.5, 0.6) is 0 Å². The third-order valence-corrected chi connectivity index (χ3v) is 2.21. The molecule has 1 aromatic heterocycles. The topological polar surface area (TPSA) is 76.4 Å². The van der Waals surface area contributed by atoms with E-state index in [-0.39, 0.29) is 12.0 Å². The van der Waals surface area contributed by atoms with Crippen LogP contribution < -0.4 is 17.0 Å². The fraction of sp³-hybridized carbons (Fsp3) is 0.286. The zero-order valence-electron chi connectivity index (χ0n) is 6.82. The molecular formula is C7H12N4S. The second kappa shape index (κ2) is 4.08. The average Bonchev–Trinajstić information content (AvgIpc) is 2.56. The SMILES string of the molecule is CC(N=C(N)NN)c1ccsc1. The third-order valence-electron chi connectivity index (χ3n) is 1.51. The molecule has 0 aliphatic heterocycles. The summed E-state index contributed by atoms with van der Waals surface area (Å²) >= 11 is 1.64. The van der Waals surface area contributed by atoms with Gasteiger partial charge in [-0.05, 0) is 29.3 Å². The maximum Gasteiger partial charge on any atom is 0.203 e. The van der Waals surface area contributed by atoms with Gasteiger partial charge in [-0.15, -0.1) is 0 Å². The molecule has 0 spiro atoms. The van der Waals surface area contributed by atoms with E-state index in [1.165, 1.54) is 0 Å². The van der Waals surface area contributed by atoms with Crippen molar-refractivity contribution >= 4 is 17.3 Å². The number of guanidine groups is 1. The number of hydrazine groups is 1. The minimum Gasteiger partial charge on any atom is -0.369 e. The van der Waals surface area contributed by atoms with Gasteiger partial charge in [0, 0.05) is 0 Å². The highest BCUT2D eigenvalue weighted by Crippen LogP contribution is 2.18. The van der Waals surface area contributed by atoms with Crippen LogP contribution in [0, 0.1) is 0 Å². The first-order valence-electron chi connectivity index (χ1n) is 3.56. The summed E-state index contributed by atoms with van der Waals surface area (Å²) in [6.45, 7) is 1.96. The molecule has 4 nitrogen and oxygen atoms in total. The number of aliphatic imine (C=N–C) groups is 1. The van der Waals surface area contributed by atoms with Gasteiger partial charge in [-0.1, -0.05) is 0 Å². The summed E-state index contributed by atoms with van der Waals surface area (Å²) in [5.74, 6) is 5.33. The van der Waals surface area contributed by atoms with Gasteiger partial charge in [0.05, 0.1) is 6.04 Å². The minimum absolute atomic E-state index is 0.0623. The normalized spacial score (nSPS) is 14.3. The van der Waals surface area contributed by atoms with Crippen molar-refractivity contribution in [2.45, 2.75) is 13.0 Å². The lowest BCUT2D eigenvalue weighted by Crippen LogP contribution is -2.37. The molecule has 0 saturated heterocycles. The molecule has 0 radical (unpaired) electrons. The third kappa shape index (κ3) is 2.21. The molecular weight excluding hydrogens is 172 g/mol. The van der Waals surface area contributed by atoms with Crippen LogP contribution in [-0.2, 0) is 0 Å². The predicted molar refractivity (Wildman–Crippen MR) is 51.7 cm³/mol. The monoisotopic (exact) mass is 184 g/mol.